The fraction of sp³-hybridized carbons (Fsp3) is 0.308. The molecule has 0 N–H and O–H groups in total. The van der Waals surface area contributed by atoms with Gasteiger partial charge in [-0.2, -0.15) is 0 Å². The number of benzene rings is 1. The van der Waals surface area contributed by atoms with E-state index in [-0.39, 0.29) is 0 Å². The highest BCUT2D eigenvalue weighted by Gasteiger charge is 2.00. The number of aryl methyl sites for hydroxylation is 2. The van der Waals surface area contributed by atoms with Gasteiger partial charge in [0.15, 0.2) is 0 Å². The Morgan fingerprint density at radius 3 is 2.33 bits per heavy atom. The van der Waals surface area contributed by atoms with Crippen LogP contribution in [0.15, 0.2) is 29.8 Å². The van der Waals surface area contributed by atoms with Crippen LogP contribution in [0.2, 0.25) is 0 Å². The van der Waals surface area contributed by atoms with Gasteiger partial charge in [-0.25, -0.2) is 4.98 Å². The molecule has 1 aromatic heterocycles. The van der Waals surface area contributed by atoms with E-state index in [1.807, 2.05) is 25.4 Å². The number of hydrogen-bond donors (Lipinski definition) is 0. The molecule has 0 unspecified atom stereocenters. The van der Waals surface area contributed by atoms with E-state index in [1.165, 1.54) is 16.7 Å². The van der Waals surface area contributed by atoms with Gasteiger partial charge in [0.25, 0.3) is 0 Å². The van der Waals surface area contributed by atoms with Crippen LogP contribution >= 0.6 is 11.3 Å². The zero-order chi connectivity index (χ0) is 11.3. The number of aromatic nitrogens is 1. The molecule has 0 amide bonds. The smallest absolute Gasteiger partial charge is 0.123 e. The molecule has 2 aromatic rings. The van der Waals surface area contributed by atoms with Crippen LogP contribution in [0.3, 0.4) is 0 Å². The van der Waals surface area contributed by atoms with E-state index in [0.29, 0.717) is 0 Å². The van der Waals surface area contributed by atoms with Crippen LogP contribution in [-0.2, 0) is 0 Å². The number of rotatable bonds is 1. The number of hydrogen-bond acceptors (Lipinski definition) is 2. The van der Waals surface area contributed by atoms with Crippen LogP contribution in [0.25, 0.3) is 10.6 Å². The van der Waals surface area contributed by atoms with Crippen LogP contribution in [0, 0.1) is 13.8 Å². The molecular weight excluding hydrogens is 202 g/mol. The first-order valence-corrected chi connectivity index (χ1v) is 6.12. The van der Waals surface area contributed by atoms with Crippen LogP contribution in [-0.4, -0.2) is 4.98 Å². The molecule has 0 aliphatic rings. The second kappa shape index (κ2) is 5.66. The molecule has 1 heterocycles. The topological polar surface area (TPSA) is 12.9 Å². The van der Waals surface area contributed by atoms with E-state index in [0.717, 1.165) is 5.01 Å². The van der Waals surface area contributed by atoms with Crippen molar-refractivity contribution in [3.8, 4) is 10.6 Å². The minimum atomic E-state index is 1.10. The summed E-state index contributed by atoms with van der Waals surface area (Å²) in [7, 11) is 0. The predicted octanol–water partition coefficient (Wildman–Crippen LogP) is 4.45. The molecule has 0 aliphatic heterocycles. The van der Waals surface area contributed by atoms with E-state index in [9.17, 15) is 0 Å². The van der Waals surface area contributed by atoms with E-state index < -0.39 is 0 Å². The lowest BCUT2D eigenvalue weighted by Crippen LogP contribution is -1.82. The molecule has 0 fully saturated rings. The molecule has 0 radical (unpaired) electrons. The normalized spacial score (nSPS) is 9.33. The minimum absolute atomic E-state index is 1.10. The van der Waals surface area contributed by atoms with Gasteiger partial charge >= 0.3 is 0 Å². The van der Waals surface area contributed by atoms with E-state index >= 15 is 0 Å². The van der Waals surface area contributed by atoms with Crippen molar-refractivity contribution in [1.29, 1.82) is 0 Å². The summed E-state index contributed by atoms with van der Waals surface area (Å²) in [6.45, 7) is 8.26. The Kier molecular flexibility index (Phi) is 4.50. The first-order valence-electron chi connectivity index (χ1n) is 5.24. The van der Waals surface area contributed by atoms with Crippen molar-refractivity contribution in [3.05, 3.63) is 40.9 Å². The van der Waals surface area contributed by atoms with Crippen molar-refractivity contribution in [2.75, 3.05) is 0 Å². The van der Waals surface area contributed by atoms with Crippen molar-refractivity contribution in [3.63, 3.8) is 0 Å². The zero-order valence-corrected chi connectivity index (χ0v) is 10.6. The van der Waals surface area contributed by atoms with Crippen LogP contribution < -0.4 is 0 Å². The maximum atomic E-state index is 4.28. The molecule has 2 heteroatoms. The molecule has 0 aliphatic carbocycles. The van der Waals surface area contributed by atoms with Crippen LogP contribution in [0.1, 0.15) is 25.0 Å². The second-order valence-corrected chi connectivity index (χ2v) is 4.03. The average molecular weight is 219 g/mol. The van der Waals surface area contributed by atoms with E-state index in [4.69, 9.17) is 0 Å². The van der Waals surface area contributed by atoms with Gasteiger partial charge in [-0.15, -0.1) is 11.3 Å². The van der Waals surface area contributed by atoms with Gasteiger partial charge in [0.1, 0.15) is 5.01 Å². The second-order valence-electron chi connectivity index (χ2n) is 3.14. The van der Waals surface area contributed by atoms with Gasteiger partial charge in [0, 0.05) is 17.1 Å². The Morgan fingerprint density at radius 1 is 1.07 bits per heavy atom. The van der Waals surface area contributed by atoms with Gasteiger partial charge in [-0.3, -0.25) is 0 Å². The maximum absolute atomic E-state index is 4.28. The first kappa shape index (κ1) is 11.9. The molecular formula is C13H17NS. The molecule has 0 atom stereocenters. The van der Waals surface area contributed by atoms with Gasteiger partial charge in [0.2, 0.25) is 0 Å². The summed E-state index contributed by atoms with van der Waals surface area (Å²) >= 11 is 1.68. The molecule has 0 saturated carbocycles. The largest absolute Gasteiger partial charge is 0.245 e. The standard InChI is InChI=1S/C11H11NS.C2H6/c1-8-3-4-10(7-9(8)2)11-12-5-6-13-11;1-2/h3-7H,1-2H3;1-2H3. The van der Waals surface area contributed by atoms with Crippen LogP contribution in [0.5, 0.6) is 0 Å². The molecule has 1 aromatic carbocycles. The summed E-state index contributed by atoms with van der Waals surface area (Å²) in [6.07, 6.45) is 1.84. The Hall–Kier alpha value is -1.15. The Labute approximate surface area is 95.8 Å². The summed E-state index contributed by atoms with van der Waals surface area (Å²) < 4.78 is 0. The Balaban J connectivity index is 0.000000531. The third kappa shape index (κ3) is 2.90. The van der Waals surface area contributed by atoms with Crippen molar-refractivity contribution in [1.82, 2.24) is 4.98 Å². The average Bonchev–Trinajstić information content (AvgIpc) is 2.78. The maximum Gasteiger partial charge on any atom is 0.123 e. The van der Waals surface area contributed by atoms with E-state index in [1.54, 1.807) is 11.3 Å². The zero-order valence-electron chi connectivity index (χ0n) is 9.74. The summed E-state index contributed by atoms with van der Waals surface area (Å²) in [5.74, 6) is 0. The molecule has 0 bridgehead atoms. The summed E-state index contributed by atoms with van der Waals surface area (Å²) in [6, 6.07) is 6.46. The van der Waals surface area contributed by atoms with Crippen molar-refractivity contribution < 1.29 is 0 Å². The monoisotopic (exact) mass is 219 g/mol. The van der Waals surface area contributed by atoms with Crippen molar-refractivity contribution >= 4 is 11.3 Å². The fourth-order valence-corrected chi connectivity index (χ4v) is 1.88. The lowest BCUT2D eigenvalue weighted by Gasteiger charge is -2.01. The molecule has 0 saturated heterocycles. The highest BCUT2D eigenvalue weighted by atomic mass is 32.1. The summed E-state index contributed by atoms with van der Waals surface area (Å²) in [5, 5.41) is 3.10. The van der Waals surface area contributed by atoms with Gasteiger partial charge < -0.3 is 0 Å². The van der Waals surface area contributed by atoms with Gasteiger partial charge in [-0.1, -0.05) is 26.0 Å². The third-order valence-electron chi connectivity index (χ3n) is 2.19. The Morgan fingerprint density at radius 2 is 1.80 bits per heavy atom. The van der Waals surface area contributed by atoms with Gasteiger partial charge in [0.05, 0.1) is 0 Å². The Bertz CT molecular complexity index is 404. The molecule has 15 heavy (non-hydrogen) atoms. The quantitative estimate of drug-likeness (QED) is 0.690. The van der Waals surface area contributed by atoms with Crippen LogP contribution in [0.4, 0.5) is 0 Å². The number of thiazole rings is 1. The number of nitrogens with zero attached hydrogens (tertiary/aromatic N) is 1. The fourth-order valence-electron chi connectivity index (χ4n) is 1.24. The molecule has 0 spiro atoms. The molecule has 80 valence electrons. The third-order valence-corrected chi connectivity index (χ3v) is 3.01. The highest BCUT2D eigenvalue weighted by molar-refractivity contribution is 7.13. The SMILES string of the molecule is CC.Cc1ccc(-c2nccs2)cc1C. The first-order chi connectivity index (χ1) is 7.27. The van der Waals surface area contributed by atoms with Crippen molar-refractivity contribution in [2.45, 2.75) is 27.7 Å². The minimum Gasteiger partial charge on any atom is -0.245 e. The lowest BCUT2D eigenvalue weighted by molar-refractivity contribution is 1.33. The van der Waals surface area contributed by atoms with Crippen molar-refractivity contribution in [2.24, 2.45) is 0 Å². The van der Waals surface area contributed by atoms with E-state index in [2.05, 4.69) is 37.0 Å². The predicted molar refractivity (Wildman–Crippen MR) is 68.4 cm³/mol. The lowest BCUT2D eigenvalue weighted by atomic mass is 10.1. The molecule has 2 rings (SSSR count). The summed E-state index contributed by atoms with van der Waals surface area (Å²) in [5.41, 5.74) is 3.88. The summed E-state index contributed by atoms with van der Waals surface area (Å²) in [4.78, 5) is 4.28. The van der Waals surface area contributed by atoms with Gasteiger partial charge in [-0.05, 0) is 31.0 Å². The molecule has 1 nitrogen and oxygen atoms in total. The highest BCUT2D eigenvalue weighted by Crippen LogP contribution is 2.23.